The predicted molar refractivity (Wildman–Crippen MR) is 52.8 cm³/mol. The van der Waals surface area contributed by atoms with E-state index in [-0.39, 0.29) is 6.42 Å². The fourth-order valence-corrected chi connectivity index (χ4v) is 1.53. The van der Waals surface area contributed by atoms with E-state index in [1.165, 1.54) is 0 Å². The molecule has 0 aliphatic heterocycles. The van der Waals surface area contributed by atoms with Crippen LogP contribution in [0.15, 0.2) is 16.7 Å². The molecule has 1 heterocycles. The van der Waals surface area contributed by atoms with E-state index in [2.05, 4.69) is 20.9 Å². The summed E-state index contributed by atoms with van der Waals surface area (Å²) in [4.78, 5) is 14.4. The van der Waals surface area contributed by atoms with Crippen LogP contribution in [0.4, 0.5) is 0 Å². The van der Waals surface area contributed by atoms with Gasteiger partial charge in [0.1, 0.15) is 0 Å². The second kappa shape index (κ2) is 4.58. The lowest BCUT2D eigenvalue weighted by molar-refractivity contribution is -0.136. The molecule has 0 radical (unpaired) electrons. The van der Waals surface area contributed by atoms with Crippen LogP contribution >= 0.6 is 27.5 Å². The number of hydrogen-bond acceptors (Lipinski definition) is 2. The molecule has 0 fully saturated rings. The molecule has 0 bridgehead atoms. The van der Waals surface area contributed by atoms with Crippen LogP contribution in [0.25, 0.3) is 0 Å². The van der Waals surface area contributed by atoms with Gasteiger partial charge in [0.15, 0.2) is 0 Å². The molecule has 0 aliphatic carbocycles. The Bertz CT molecular complexity index is 330. The van der Waals surface area contributed by atoms with Crippen LogP contribution < -0.4 is 0 Å². The Balaban J connectivity index is 2.91. The quantitative estimate of drug-likeness (QED) is 0.852. The Morgan fingerprint density at radius 2 is 2.38 bits per heavy atom. The molecule has 0 saturated heterocycles. The summed E-state index contributed by atoms with van der Waals surface area (Å²) in [5.41, 5.74) is 1.38. The summed E-state index contributed by atoms with van der Waals surface area (Å²) in [5, 5.41) is 8.53. The molecule has 0 spiro atoms. The van der Waals surface area contributed by atoms with Gasteiger partial charge in [-0.3, -0.25) is 9.78 Å². The highest BCUT2D eigenvalue weighted by Gasteiger charge is 2.06. The highest BCUT2D eigenvalue weighted by molar-refractivity contribution is 9.10. The van der Waals surface area contributed by atoms with Crippen LogP contribution in [-0.2, 0) is 17.1 Å². The average molecular weight is 265 g/mol. The number of halogens is 2. The number of alkyl halides is 1. The number of carbonyl (C=O) groups is 1. The van der Waals surface area contributed by atoms with Gasteiger partial charge < -0.3 is 5.11 Å². The van der Waals surface area contributed by atoms with Crippen LogP contribution in [0.3, 0.4) is 0 Å². The zero-order chi connectivity index (χ0) is 9.84. The van der Waals surface area contributed by atoms with Crippen molar-refractivity contribution >= 4 is 33.5 Å². The van der Waals surface area contributed by atoms with Gasteiger partial charge in [-0.15, -0.1) is 11.6 Å². The molecule has 70 valence electrons. The third-order valence-corrected chi connectivity index (χ3v) is 2.44. The fourth-order valence-electron chi connectivity index (χ4n) is 0.852. The van der Waals surface area contributed by atoms with Crippen molar-refractivity contribution in [3.05, 3.63) is 28.0 Å². The van der Waals surface area contributed by atoms with E-state index in [1.807, 2.05) is 0 Å². The minimum Gasteiger partial charge on any atom is -0.481 e. The molecule has 3 nitrogen and oxygen atoms in total. The molecule has 0 amide bonds. The largest absolute Gasteiger partial charge is 0.481 e. The Hall–Kier alpha value is -0.610. The number of hydrogen-bond donors (Lipinski definition) is 1. The maximum absolute atomic E-state index is 10.4. The number of carboxylic acid groups (broad SMARTS) is 1. The van der Waals surface area contributed by atoms with Gasteiger partial charge in [-0.05, 0) is 27.6 Å². The van der Waals surface area contributed by atoms with Gasteiger partial charge >= 0.3 is 5.97 Å². The van der Waals surface area contributed by atoms with Crippen molar-refractivity contribution in [3.63, 3.8) is 0 Å². The Kier molecular flexibility index (Phi) is 3.69. The van der Waals surface area contributed by atoms with Crippen LogP contribution in [0, 0.1) is 0 Å². The van der Waals surface area contributed by atoms with Crippen LogP contribution in [-0.4, -0.2) is 16.1 Å². The topological polar surface area (TPSA) is 50.2 Å². The van der Waals surface area contributed by atoms with Crippen molar-refractivity contribution in [3.8, 4) is 0 Å². The van der Waals surface area contributed by atoms with E-state index >= 15 is 0 Å². The standard InChI is InChI=1S/C8H7BrClNO2/c9-6-1-5(3-10)4-11-7(6)2-8(12)13/h1,4H,2-3H2,(H,12,13). The number of aliphatic carboxylic acids is 1. The molecule has 0 aliphatic rings. The first-order chi connectivity index (χ1) is 6.13. The lowest BCUT2D eigenvalue weighted by Crippen LogP contribution is -2.03. The average Bonchev–Trinajstić information content (AvgIpc) is 2.08. The van der Waals surface area contributed by atoms with Crippen molar-refractivity contribution in [1.29, 1.82) is 0 Å². The van der Waals surface area contributed by atoms with Gasteiger partial charge in [0.2, 0.25) is 0 Å². The van der Waals surface area contributed by atoms with E-state index in [9.17, 15) is 4.79 Å². The molecule has 0 atom stereocenters. The SMILES string of the molecule is O=C(O)Cc1ncc(CCl)cc1Br. The number of nitrogens with zero attached hydrogens (tertiary/aromatic N) is 1. The number of aromatic nitrogens is 1. The Labute approximate surface area is 88.9 Å². The summed E-state index contributed by atoms with van der Waals surface area (Å²) < 4.78 is 0.688. The monoisotopic (exact) mass is 263 g/mol. The van der Waals surface area contributed by atoms with Gasteiger partial charge in [0.25, 0.3) is 0 Å². The molecule has 0 aromatic carbocycles. The highest BCUT2D eigenvalue weighted by atomic mass is 79.9. The van der Waals surface area contributed by atoms with Gasteiger partial charge in [-0.2, -0.15) is 0 Å². The summed E-state index contributed by atoms with van der Waals surface area (Å²) in [6.45, 7) is 0. The molecule has 1 rings (SSSR count). The second-order valence-electron chi connectivity index (χ2n) is 2.48. The highest BCUT2D eigenvalue weighted by Crippen LogP contribution is 2.17. The van der Waals surface area contributed by atoms with Gasteiger partial charge in [0, 0.05) is 16.5 Å². The maximum atomic E-state index is 10.4. The van der Waals surface area contributed by atoms with Crippen molar-refractivity contribution < 1.29 is 9.90 Å². The lowest BCUT2D eigenvalue weighted by atomic mass is 10.2. The van der Waals surface area contributed by atoms with Crippen LogP contribution in [0.5, 0.6) is 0 Å². The molecule has 1 N–H and O–H groups in total. The van der Waals surface area contributed by atoms with Crippen LogP contribution in [0.2, 0.25) is 0 Å². The Morgan fingerprint density at radius 1 is 1.69 bits per heavy atom. The molecule has 0 unspecified atom stereocenters. The summed E-state index contributed by atoms with van der Waals surface area (Å²) in [6, 6.07) is 1.78. The van der Waals surface area contributed by atoms with Gasteiger partial charge in [0.05, 0.1) is 12.1 Å². The first-order valence-electron chi connectivity index (χ1n) is 3.54. The van der Waals surface area contributed by atoms with E-state index in [4.69, 9.17) is 16.7 Å². The zero-order valence-electron chi connectivity index (χ0n) is 6.63. The molecule has 0 saturated carbocycles. The van der Waals surface area contributed by atoms with E-state index in [0.717, 1.165) is 5.56 Å². The number of carboxylic acids is 1. The minimum atomic E-state index is -0.896. The third-order valence-electron chi connectivity index (χ3n) is 1.45. The smallest absolute Gasteiger partial charge is 0.309 e. The molecule has 5 heteroatoms. The fraction of sp³-hybridized carbons (Fsp3) is 0.250. The number of pyridine rings is 1. The van der Waals surface area contributed by atoms with Crippen LogP contribution in [0.1, 0.15) is 11.3 Å². The number of rotatable bonds is 3. The molecule has 1 aromatic rings. The maximum Gasteiger partial charge on any atom is 0.309 e. The minimum absolute atomic E-state index is 0.0802. The van der Waals surface area contributed by atoms with Crippen molar-refractivity contribution in [1.82, 2.24) is 4.98 Å². The van der Waals surface area contributed by atoms with E-state index < -0.39 is 5.97 Å². The van der Waals surface area contributed by atoms with E-state index in [1.54, 1.807) is 12.3 Å². The van der Waals surface area contributed by atoms with E-state index in [0.29, 0.717) is 16.0 Å². The van der Waals surface area contributed by atoms with Crippen molar-refractivity contribution in [2.24, 2.45) is 0 Å². The third kappa shape index (κ3) is 2.97. The molecule has 13 heavy (non-hydrogen) atoms. The van der Waals surface area contributed by atoms with Crippen molar-refractivity contribution in [2.75, 3.05) is 0 Å². The van der Waals surface area contributed by atoms with Crippen molar-refractivity contribution in [2.45, 2.75) is 12.3 Å². The summed E-state index contributed by atoms with van der Waals surface area (Å²) in [5.74, 6) is -0.523. The Morgan fingerprint density at radius 3 is 2.85 bits per heavy atom. The normalized spacial score (nSPS) is 10.0. The molecular formula is C8H7BrClNO2. The lowest BCUT2D eigenvalue weighted by Gasteiger charge is -2.01. The molecular weight excluding hydrogens is 257 g/mol. The first-order valence-corrected chi connectivity index (χ1v) is 4.87. The predicted octanol–water partition coefficient (Wildman–Crippen LogP) is 2.21. The summed E-state index contributed by atoms with van der Waals surface area (Å²) in [7, 11) is 0. The summed E-state index contributed by atoms with van der Waals surface area (Å²) >= 11 is 8.81. The zero-order valence-corrected chi connectivity index (χ0v) is 8.97. The summed E-state index contributed by atoms with van der Waals surface area (Å²) in [6.07, 6.45) is 1.50. The second-order valence-corrected chi connectivity index (χ2v) is 3.60. The molecule has 1 aromatic heterocycles. The van der Waals surface area contributed by atoms with Gasteiger partial charge in [-0.25, -0.2) is 0 Å². The first kappa shape index (κ1) is 10.5. The van der Waals surface area contributed by atoms with Gasteiger partial charge in [-0.1, -0.05) is 0 Å².